The Morgan fingerprint density at radius 3 is 2.29 bits per heavy atom. The number of benzene rings is 2. The molecule has 1 aliphatic rings. The Bertz CT molecular complexity index is 985. The van der Waals surface area contributed by atoms with Gasteiger partial charge in [0.05, 0.1) is 5.52 Å². The number of aromatic nitrogens is 2. The smallest absolute Gasteiger partial charge is 0.353 e. The molecule has 0 bridgehead atoms. The number of hydrogen-bond acceptors (Lipinski definition) is 4. The van der Waals surface area contributed by atoms with E-state index in [1.807, 2.05) is 29.2 Å². The summed E-state index contributed by atoms with van der Waals surface area (Å²) in [5.41, 5.74) is 1.35. The number of rotatable bonds is 3. The Balaban J connectivity index is 1.56. The Hall–Kier alpha value is -2.38. The van der Waals surface area contributed by atoms with Crippen LogP contribution in [0.1, 0.15) is 11.4 Å². The van der Waals surface area contributed by atoms with Crippen LogP contribution < -0.4 is 4.90 Å². The van der Waals surface area contributed by atoms with E-state index >= 15 is 0 Å². The lowest BCUT2D eigenvalue weighted by molar-refractivity contribution is -0.144. The maximum absolute atomic E-state index is 13.2. The molecule has 2 aromatic carbocycles. The van der Waals surface area contributed by atoms with E-state index in [9.17, 15) is 13.2 Å². The lowest BCUT2D eigenvalue weighted by Crippen LogP contribution is -2.46. The first-order valence-electron chi connectivity index (χ1n) is 8.96. The zero-order chi connectivity index (χ0) is 19.7. The van der Waals surface area contributed by atoms with Crippen LogP contribution in [-0.4, -0.2) is 41.0 Å². The lowest BCUT2D eigenvalue weighted by atomic mass is 10.1. The average Bonchev–Trinajstić information content (AvgIpc) is 2.69. The fourth-order valence-electron chi connectivity index (χ4n) is 3.41. The van der Waals surface area contributed by atoms with Gasteiger partial charge in [0, 0.05) is 43.1 Å². The van der Waals surface area contributed by atoms with Gasteiger partial charge in [0.2, 0.25) is 5.82 Å². The normalized spacial score (nSPS) is 15.9. The fraction of sp³-hybridized carbons (Fsp3) is 0.300. The molecule has 0 atom stereocenters. The van der Waals surface area contributed by atoms with Gasteiger partial charge in [0.1, 0.15) is 5.82 Å². The third kappa shape index (κ3) is 3.91. The second-order valence-corrected chi connectivity index (χ2v) is 7.15. The lowest BCUT2D eigenvalue weighted by Gasteiger charge is -2.36. The quantitative estimate of drug-likeness (QED) is 0.635. The average molecular weight is 407 g/mol. The molecule has 1 fully saturated rings. The van der Waals surface area contributed by atoms with Crippen LogP contribution in [0.4, 0.5) is 19.0 Å². The summed E-state index contributed by atoms with van der Waals surface area (Å²) >= 11 is 6.23. The fourth-order valence-corrected chi connectivity index (χ4v) is 3.61. The summed E-state index contributed by atoms with van der Waals surface area (Å²) < 4.78 is 39.7. The molecule has 4 rings (SSSR count). The highest BCUT2D eigenvalue weighted by molar-refractivity contribution is 6.31. The summed E-state index contributed by atoms with van der Waals surface area (Å²) in [6.45, 7) is 3.31. The van der Waals surface area contributed by atoms with E-state index in [-0.39, 0.29) is 0 Å². The van der Waals surface area contributed by atoms with E-state index < -0.39 is 12.0 Å². The Morgan fingerprint density at radius 2 is 1.57 bits per heavy atom. The molecule has 1 aliphatic heterocycles. The van der Waals surface area contributed by atoms with Crippen LogP contribution in [-0.2, 0) is 12.7 Å². The number of hydrogen-bond donors (Lipinski definition) is 0. The number of piperazine rings is 1. The number of halogens is 4. The van der Waals surface area contributed by atoms with Crippen LogP contribution in [0.3, 0.4) is 0 Å². The van der Waals surface area contributed by atoms with E-state index in [0.29, 0.717) is 49.4 Å². The summed E-state index contributed by atoms with van der Waals surface area (Å²) in [5, 5.41) is 1.36. The highest BCUT2D eigenvalue weighted by atomic mass is 35.5. The number of anilines is 1. The molecule has 28 heavy (non-hydrogen) atoms. The van der Waals surface area contributed by atoms with E-state index in [1.54, 1.807) is 24.3 Å². The first-order valence-corrected chi connectivity index (χ1v) is 9.34. The van der Waals surface area contributed by atoms with E-state index in [4.69, 9.17) is 11.6 Å². The van der Waals surface area contributed by atoms with Crippen molar-refractivity contribution in [2.75, 3.05) is 31.1 Å². The van der Waals surface area contributed by atoms with Gasteiger partial charge in [0.25, 0.3) is 0 Å². The first kappa shape index (κ1) is 19.0. The zero-order valence-electron chi connectivity index (χ0n) is 15.0. The third-order valence-electron chi connectivity index (χ3n) is 4.86. The molecule has 1 aromatic heterocycles. The Kier molecular flexibility index (Phi) is 5.12. The molecule has 4 nitrogen and oxygen atoms in total. The third-order valence-corrected chi connectivity index (χ3v) is 5.23. The van der Waals surface area contributed by atoms with Gasteiger partial charge in [-0.2, -0.15) is 13.2 Å². The minimum Gasteiger partial charge on any atom is -0.353 e. The predicted molar refractivity (Wildman–Crippen MR) is 103 cm³/mol. The van der Waals surface area contributed by atoms with Crippen LogP contribution in [0.5, 0.6) is 0 Å². The topological polar surface area (TPSA) is 32.3 Å². The number of alkyl halides is 3. The second-order valence-electron chi connectivity index (χ2n) is 6.74. The molecule has 0 unspecified atom stereocenters. The van der Waals surface area contributed by atoms with Crippen LogP contribution in [0.25, 0.3) is 10.9 Å². The van der Waals surface area contributed by atoms with Crippen molar-refractivity contribution in [2.24, 2.45) is 0 Å². The number of nitrogens with zero attached hydrogens (tertiary/aromatic N) is 4. The maximum atomic E-state index is 13.2. The summed E-state index contributed by atoms with van der Waals surface area (Å²) in [7, 11) is 0. The van der Waals surface area contributed by atoms with Crippen molar-refractivity contribution in [3.05, 3.63) is 64.9 Å². The van der Waals surface area contributed by atoms with Gasteiger partial charge < -0.3 is 4.90 Å². The van der Waals surface area contributed by atoms with Crippen molar-refractivity contribution < 1.29 is 13.2 Å². The highest BCUT2D eigenvalue weighted by Gasteiger charge is 2.36. The van der Waals surface area contributed by atoms with Gasteiger partial charge in [-0.15, -0.1) is 0 Å². The van der Waals surface area contributed by atoms with Gasteiger partial charge in [-0.3, -0.25) is 4.90 Å². The van der Waals surface area contributed by atoms with Crippen molar-refractivity contribution >= 4 is 28.3 Å². The molecule has 0 radical (unpaired) electrons. The molecular weight excluding hydrogens is 389 g/mol. The summed E-state index contributed by atoms with van der Waals surface area (Å²) in [6, 6.07) is 14.5. The van der Waals surface area contributed by atoms with Gasteiger partial charge in [-0.05, 0) is 23.8 Å². The highest BCUT2D eigenvalue weighted by Crippen LogP contribution is 2.32. The van der Waals surface area contributed by atoms with E-state index in [2.05, 4.69) is 14.9 Å². The largest absolute Gasteiger partial charge is 0.451 e. The van der Waals surface area contributed by atoms with Crippen molar-refractivity contribution in [3.8, 4) is 0 Å². The molecule has 0 saturated carbocycles. The first-order chi connectivity index (χ1) is 13.4. The van der Waals surface area contributed by atoms with Crippen LogP contribution in [0.15, 0.2) is 48.5 Å². The molecule has 1 saturated heterocycles. The number of fused-ring (bicyclic) bond motifs is 1. The summed E-state index contributed by atoms with van der Waals surface area (Å²) in [5.74, 6) is -0.755. The molecule has 0 spiro atoms. The summed E-state index contributed by atoms with van der Waals surface area (Å²) in [4.78, 5) is 11.7. The minimum absolute atomic E-state index is 0.304. The number of para-hydroxylation sites is 1. The van der Waals surface area contributed by atoms with Crippen LogP contribution in [0.2, 0.25) is 5.02 Å². The minimum atomic E-state index is -4.58. The SMILES string of the molecule is FC(F)(F)c1nc(N2CCN(Cc3ccccc3Cl)CC2)c2ccccc2n1. The van der Waals surface area contributed by atoms with Gasteiger partial charge in [-0.25, -0.2) is 9.97 Å². The molecular formula is C20H18ClF3N4. The van der Waals surface area contributed by atoms with Gasteiger partial charge >= 0.3 is 6.18 Å². The second kappa shape index (κ2) is 7.56. The monoisotopic (exact) mass is 406 g/mol. The Morgan fingerprint density at radius 1 is 0.893 bits per heavy atom. The zero-order valence-corrected chi connectivity index (χ0v) is 15.7. The molecule has 8 heteroatoms. The predicted octanol–water partition coefficient (Wildman–Crippen LogP) is 4.62. The molecule has 0 amide bonds. The van der Waals surface area contributed by atoms with Crippen molar-refractivity contribution in [1.29, 1.82) is 0 Å². The van der Waals surface area contributed by atoms with Gasteiger partial charge in [-0.1, -0.05) is 41.9 Å². The van der Waals surface area contributed by atoms with Crippen LogP contribution >= 0.6 is 11.6 Å². The van der Waals surface area contributed by atoms with Crippen molar-refractivity contribution in [3.63, 3.8) is 0 Å². The standard InChI is InChI=1S/C20H18ClF3N4/c21-16-7-3-1-5-14(16)13-27-9-11-28(12-10-27)18-15-6-2-4-8-17(15)25-19(26-18)20(22,23)24/h1-8H,9-13H2. The molecule has 146 valence electrons. The molecule has 2 heterocycles. The Labute approximate surface area is 165 Å². The van der Waals surface area contributed by atoms with Crippen molar-refractivity contribution in [1.82, 2.24) is 14.9 Å². The van der Waals surface area contributed by atoms with Crippen molar-refractivity contribution in [2.45, 2.75) is 12.7 Å². The maximum Gasteiger partial charge on any atom is 0.451 e. The molecule has 3 aromatic rings. The van der Waals surface area contributed by atoms with Crippen LogP contribution in [0, 0.1) is 0 Å². The van der Waals surface area contributed by atoms with E-state index in [1.165, 1.54) is 0 Å². The molecule has 0 N–H and O–H groups in total. The molecule has 0 aliphatic carbocycles. The summed E-state index contributed by atoms with van der Waals surface area (Å²) in [6.07, 6.45) is -4.58. The van der Waals surface area contributed by atoms with E-state index in [0.717, 1.165) is 10.6 Å². The van der Waals surface area contributed by atoms with Gasteiger partial charge in [0.15, 0.2) is 0 Å².